The number of benzene rings is 1. The molecule has 0 heterocycles. The molecular formula is C9H9Cl2NO2. The number of nitrogens with two attached hydrogens (primary N) is 1. The van der Waals surface area contributed by atoms with Crippen molar-refractivity contribution in [3.05, 3.63) is 33.8 Å². The van der Waals surface area contributed by atoms with Gasteiger partial charge in [0, 0.05) is 10.0 Å². The average Bonchev–Trinajstić information content (AvgIpc) is 2.15. The third-order valence-corrected chi connectivity index (χ3v) is 2.32. The summed E-state index contributed by atoms with van der Waals surface area (Å²) in [7, 11) is 1.27. The highest BCUT2D eigenvalue weighted by Gasteiger charge is 2.18. The molecule has 1 rings (SSSR count). The summed E-state index contributed by atoms with van der Waals surface area (Å²) in [6.45, 7) is 0. The number of hydrogen-bond acceptors (Lipinski definition) is 3. The van der Waals surface area contributed by atoms with E-state index in [1.807, 2.05) is 0 Å². The Kier molecular flexibility index (Phi) is 3.75. The van der Waals surface area contributed by atoms with Crippen LogP contribution in [0.5, 0.6) is 0 Å². The van der Waals surface area contributed by atoms with Gasteiger partial charge in [0.25, 0.3) is 0 Å². The van der Waals surface area contributed by atoms with Gasteiger partial charge in [-0.25, -0.2) is 0 Å². The molecule has 76 valence electrons. The fourth-order valence-electron chi connectivity index (χ4n) is 1.01. The summed E-state index contributed by atoms with van der Waals surface area (Å²) in [5.41, 5.74) is 6.10. The summed E-state index contributed by atoms with van der Waals surface area (Å²) in [4.78, 5) is 11.1. The van der Waals surface area contributed by atoms with Crippen molar-refractivity contribution in [3.8, 4) is 0 Å². The highest BCUT2D eigenvalue weighted by Crippen LogP contribution is 2.25. The van der Waals surface area contributed by atoms with Crippen molar-refractivity contribution in [2.45, 2.75) is 6.04 Å². The van der Waals surface area contributed by atoms with E-state index in [0.29, 0.717) is 15.6 Å². The first-order valence-corrected chi connectivity index (χ1v) is 4.60. The van der Waals surface area contributed by atoms with Crippen LogP contribution in [0.25, 0.3) is 0 Å². The minimum absolute atomic E-state index is 0.357. The van der Waals surface area contributed by atoms with Crippen LogP contribution in [-0.4, -0.2) is 13.1 Å². The van der Waals surface area contributed by atoms with E-state index in [1.165, 1.54) is 13.2 Å². The molecule has 0 aromatic heterocycles. The fourth-order valence-corrected chi connectivity index (χ4v) is 1.53. The lowest BCUT2D eigenvalue weighted by Gasteiger charge is -2.11. The number of ether oxygens (including phenoxy) is 1. The number of methoxy groups -OCH3 is 1. The van der Waals surface area contributed by atoms with Crippen molar-refractivity contribution in [2.24, 2.45) is 5.73 Å². The molecule has 0 amide bonds. The van der Waals surface area contributed by atoms with Gasteiger partial charge in [0.2, 0.25) is 0 Å². The molecule has 5 heteroatoms. The molecule has 0 unspecified atom stereocenters. The summed E-state index contributed by atoms with van der Waals surface area (Å²) in [6, 6.07) is 3.88. The lowest BCUT2D eigenvalue weighted by molar-refractivity contribution is -0.142. The Hall–Kier alpha value is -0.770. The van der Waals surface area contributed by atoms with E-state index in [-0.39, 0.29) is 0 Å². The first kappa shape index (κ1) is 11.3. The number of hydrogen-bond donors (Lipinski definition) is 1. The molecule has 0 aliphatic carbocycles. The van der Waals surface area contributed by atoms with E-state index >= 15 is 0 Å². The molecule has 14 heavy (non-hydrogen) atoms. The van der Waals surface area contributed by atoms with Gasteiger partial charge in [0.1, 0.15) is 6.04 Å². The Labute approximate surface area is 91.7 Å². The average molecular weight is 234 g/mol. The Bertz CT molecular complexity index is 355. The first-order chi connectivity index (χ1) is 6.56. The zero-order valence-corrected chi connectivity index (χ0v) is 8.97. The summed E-state index contributed by atoms with van der Waals surface area (Å²) >= 11 is 11.5. The number of carbonyl (C=O) groups is 1. The highest BCUT2D eigenvalue weighted by atomic mass is 35.5. The molecule has 0 fully saturated rings. The van der Waals surface area contributed by atoms with Gasteiger partial charge in [-0.05, 0) is 17.7 Å². The Morgan fingerprint density at radius 2 is 2.14 bits per heavy atom. The van der Waals surface area contributed by atoms with Gasteiger partial charge in [0.15, 0.2) is 0 Å². The van der Waals surface area contributed by atoms with E-state index < -0.39 is 12.0 Å². The number of carbonyl (C=O) groups excluding carboxylic acids is 1. The Morgan fingerprint density at radius 3 is 2.64 bits per heavy atom. The molecule has 0 aliphatic heterocycles. The van der Waals surface area contributed by atoms with Crippen LogP contribution < -0.4 is 5.73 Å². The minimum atomic E-state index is -0.871. The van der Waals surface area contributed by atoms with Crippen molar-refractivity contribution in [1.29, 1.82) is 0 Å². The number of rotatable bonds is 2. The predicted octanol–water partition coefficient (Wildman–Crippen LogP) is 2.17. The lowest BCUT2D eigenvalue weighted by atomic mass is 10.1. The SMILES string of the molecule is COC(=O)[C@H](N)c1ccc(Cl)cc1Cl. The summed E-state index contributed by atoms with van der Waals surface area (Å²) in [5, 5.41) is 0.853. The van der Waals surface area contributed by atoms with E-state index in [1.54, 1.807) is 12.1 Å². The van der Waals surface area contributed by atoms with E-state index in [4.69, 9.17) is 28.9 Å². The van der Waals surface area contributed by atoms with Crippen molar-refractivity contribution >= 4 is 29.2 Å². The smallest absolute Gasteiger partial charge is 0.327 e. The maximum Gasteiger partial charge on any atom is 0.327 e. The minimum Gasteiger partial charge on any atom is -0.468 e. The highest BCUT2D eigenvalue weighted by molar-refractivity contribution is 6.35. The van der Waals surface area contributed by atoms with Gasteiger partial charge < -0.3 is 10.5 Å². The molecule has 0 saturated heterocycles. The first-order valence-electron chi connectivity index (χ1n) is 3.84. The largest absolute Gasteiger partial charge is 0.468 e. The Morgan fingerprint density at radius 1 is 1.50 bits per heavy atom. The van der Waals surface area contributed by atoms with Gasteiger partial charge in [-0.1, -0.05) is 29.3 Å². The molecule has 3 nitrogen and oxygen atoms in total. The van der Waals surface area contributed by atoms with Crippen LogP contribution in [-0.2, 0) is 9.53 Å². The van der Waals surface area contributed by atoms with Gasteiger partial charge in [-0.2, -0.15) is 0 Å². The van der Waals surface area contributed by atoms with Crippen LogP contribution in [0.15, 0.2) is 18.2 Å². The van der Waals surface area contributed by atoms with E-state index in [9.17, 15) is 4.79 Å². The monoisotopic (exact) mass is 233 g/mol. The van der Waals surface area contributed by atoms with Gasteiger partial charge in [-0.15, -0.1) is 0 Å². The Balaban J connectivity index is 3.01. The molecule has 0 bridgehead atoms. The maximum atomic E-state index is 11.1. The third-order valence-electron chi connectivity index (χ3n) is 1.75. The summed E-state index contributed by atoms with van der Waals surface area (Å²) in [5.74, 6) is -0.533. The molecule has 1 aromatic carbocycles. The van der Waals surface area contributed by atoms with Crippen LogP contribution >= 0.6 is 23.2 Å². The van der Waals surface area contributed by atoms with Crippen molar-refractivity contribution in [3.63, 3.8) is 0 Å². The molecule has 0 radical (unpaired) electrons. The summed E-state index contributed by atoms with van der Waals surface area (Å²) < 4.78 is 4.50. The van der Waals surface area contributed by atoms with Crippen molar-refractivity contribution in [1.82, 2.24) is 0 Å². The standard InChI is InChI=1S/C9H9Cl2NO2/c1-14-9(13)8(12)6-3-2-5(10)4-7(6)11/h2-4,8H,12H2,1H3/t8-/m1/s1. The van der Waals surface area contributed by atoms with Crippen molar-refractivity contribution in [2.75, 3.05) is 7.11 Å². The van der Waals surface area contributed by atoms with Crippen LogP contribution in [0, 0.1) is 0 Å². The zero-order chi connectivity index (χ0) is 10.7. The van der Waals surface area contributed by atoms with Crippen molar-refractivity contribution < 1.29 is 9.53 Å². The molecule has 2 N–H and O–H groups in total. The van der Waals surface area contributed by atoms with Gasteiger partial charge in [0.05, 0.1) is 7.11 Å². The van der Waals surface area contributed by atoms with Crippen LogP contribution in [0.2, 0.25) is 10.0 Å². The second-order valence-electron chi connectivity index (χ2n) is 2.67. The molecule has 0 aliphatic rings. The fraction of sp³-hybridized carbons (Fsp3) is 0.222. The molecule has 0 saturated carbocycles. The quantitative estimate of drug-likeness (QED) is 0.797. The van der Waals surface area contributed by atoms with E-state index in [0.717, 1.165) is 0 Å². The van der Waals surface area contributed by atoms with Gasteiger partial charge in [-0.3, -0.25) is 4.79 Å². The maximum absolute atomic E-state index is 11.1. The lowest BCUT2D eigenvalue weighted by Crippen LogP contribution is -2.22. The zero-order valence-electron chi connectivity index (χ0n) is 7.46. The molecule has 1 aromatic rings. The van der Waals surface area contributed by atoms with Crippen LogP contribution in [0.1, 0.15) is 11.6 Å². The molecule has 0 spiro atoms. The normalized spacial score (nSPS) is 12.3. The third kappa shape index (κ3) is 2.38. The van der Waals surface area contributed by atoms with E-state index in [2.05, 4.69) is 4.74 Å². The van der Waals surface area contributed by atoms with Gasteiger partial charge >= 0.3 is 5.97 Å². The topological polar surface area (TPSA) is 52.3 Å². The summed E-state index contributed by atoms with van der Waals surface area (Å²) in [6.07, 6.45) is 0. The van der Waals surface area contributed by atoms with Crippen LogP contribution in [0.4, 0.5) is 0 Å². The number of esters is 1. The number of halogens is 2. The molecular weight excluding hydrogens is 225 g/mol. The van der Waals surface area contributed by atoms with Crippen LogP contribution in [0.3, 0.4) is 0 Å². The second kappa shape index (κ2) is 4.64. The second-order valence-corrected chi connectivity index (χ2v) is 3.51. The molecule has 1 atom stereocenters. The predicted molar refractivity (Wildman–Crippen MR) is 55.4 cm³/mol.